The quantitative estimate of drug-likeness (QED) is 0.178. The SMILES string of the molecule is Nc1cnn(C(c2ccnc(N)c2)C2CCOCC2)c1.O=[N+]([O-])c1cnn(C(c2ccnc(Cl)c2)C2CCOCC2)c1. The van der Waals surface area contributed by atoms with Crippen LogP contribution in [-0.2, 0) is 9.47 Å². The molecule has 0 bridgehead atoms. The number of nitrogens with two attached hydrogens (primary N) is 2. The third kappa shape index (κ3) is 7.22. The predicted molar refractivity (Wildman–Crippen MR) is 157 cm³/mol. The largest absolute Gasteiger partial charge is 0.396 e. The maximum atomic E-state index is 10.9. The number of pyridine rings is 2. The molecule has 0 radical (unpaired) electrons. The average molecular weight is 596 g/mol. The molecule has 42 heavy (non-hydrogen) atoms. The van der Waals surface area contributed by atoms with Crippen molar-refractivity contribution in [1.82, 2.24) is 29.5 Å². The molecule has 0 spiro atoms. The summed E-state index contributed by atoms with van der Waals surface area (Å²) in [5.74, 6) is 1.27. The van der Waals surface area contributed by atoms with Gasteiger partial charge < -0.3 is 20.9 Å². The molecule has 4 aromatic heterocycles. The fraction of sp³-hybridized carbons (Fsp3) is 0.429. The van der Waals surface area contributed by atoms with Crippen LogP contribution in [0.3, 0.4) is 0 Å². The van der Waals surface area contributed by atoms with E-state index in [0.717, 1.165) is 50.0 Å². The molecule has 0 amide bonds. The second kappa shape index (κ2) is 13.7. The van der Waals surface area contributed by atoms with Gasteiger partial charge in [-0.05, 0) is 72.9 Å². The number of rotatable bonds is 7. The lowest BCUT2D eigenvalue weighted by Crippen LogP contribution is -2.27. The number of aromatic nitrogens is 6. The maximum absolute atomic E-state index is 10.9. The Bertz CT molecular complexity index is 1470. The highest BCUT2D eigenvalue weighted by atomic mass is 35.5. The van der Waals surface area contributed by atoms with E-state index in [1.165, 1.54) is 12.4 Å². The third-order valence-electron chi connectivity index (χ3n) is 7.65. The molecular weight excluding hydrogens is 562 g/mol. The minimum atomic E-state index is -0.440. The summed E-state index contributed by atoms with van der Waals surface area (Å²) < 4.78 is 14.5. The van der Waals surface area contributed by atoms with Crippen LogP contribution in [0.4, 0.5) is 17.2 Å². The van der Waals surface area contributed by atoms with E-state index in [4.69, 9.17) is 32.5 Å². The number of hydrogen-bond acceptors (Lipinski definition) is 10. The van der Waals surface area contributed by atoms with Crippen LogP contribution in [0.25, 0.3) is 0 Å². The van der Waals surface area contributed by atoms with Crippen LogP contribution in [0, 0.1) is 22.0 Å². The van der Waals surface area contributed by atoms with E-state index < -0.39 is 4.92 Å². The molecule has 2 aliphatic rings. The van der Waals surface area contributed by atoms with Gasteiger partial charge in [0, 0.05) is 45.0 Å². The molecule has 2 fully saturated rings. The minimum absolute atomic E-state index is 0.0165. The van der Waals surface area contributed by atoms with Crippen molar-refractivity contribution in [3.05, 3.63) is 87.8 Å². The summed E-state index contributed by atoms with van der Waals surface area (Å²) in [4.78, 5) is 18.5. The fourth-order valence-corrected chi connectivity index (χ4v) is 5.86. The van der Waals surface area contributed by atoms with Gasteiger partial charge in [-0.15, -0.1) is 0 Å². The number of nitro groups is 1. The lowest BCUT2D eigenvalue weighted by Gasteiger charge is -2.31. The topological polar surface area (TPSA) is 175 Å². The highest BCUT2D eigenvalue weighted by molar-refractivity contribution is 6.29. The van der Waals surface area contributed by atoms with E-state index in [1.807, 2.05) is 29.1 Å². The predicted octanol–water partition coefficient (Wildman–Crippen LogP) is 4.31. The van der Waals surface area contributed by atoms with E-state index in [9.17, 15) is 10.1 Å². The molecule has 0 aliphatic carbocycles. The third-order valence-corrected chi connectivity index (χ3v) is 7.86. The van der Waals surface area contributed by atoms with Gasteiger partial charge in [0.1, 0.15) is 23.4 Å². The lowest BCUT2D eigenvalue weighted by atomic mass is 9.87. The molecule has 14 heteroatoms. The Balaban J connectivity index is 0.000000169. The lowest BCUT2D eigenvalue weighted by molar-refractivity contribution is -0.385. The van der Waals surface area contributed by atoms with Crippen molar-refractivity contribution < 1.29 is 14.4 Å². The Morgan fingerprint density at radius 2 is 1.40 bits per heavy atom. The van der Waals surface area contributed by atoms with Gasteiger partial charge in [-0.2, -0.15) is 10.2 Å². The second-order valence-corrected chi connectivity index (χ2v) is 10.8. The van der Waals surface area contributed by atoms with Crippen molar-refractivity contribution in [3.8, 4) is 0 Å². The van der Waals surface area contributed by atoms with Crippen LogP contribution in [0.2, 0.25) is 5.15 Å². The molecule has 6 heterocycles. The van der Waals surface area contributed by atoms with Crippen LogP contribution in [0.5, 0.6) is 0 Å². The van der Waals surface area contributed by atoms with Gasteiger partial charge in [-0.25, -0.2) is 9.97 Å². The second-order valence-electron chi connectivity index (χ2n) is 10.4. The fourth-order valence-electron chi connectivity index (χ4n) is 5.68. The number of anilines is 2. The summed E-state index contributed by atoms with van der Waals surface area (Å²) in [6.45, 7) is 2.95. The maximum Gasteiger partial charge on any atom is 0.307 e. The Hall–Kier alpha value is -4.07. The molecule has 6 rings (SSSR count). The van der Waals surface area contributed by atoms with Gasteiger partial charge in [-0.3, -0.25) is 19.5 Å². The number of nitrogens with zero attached hydrogens (tertiary/aromatic N) is 7. The van der Waals surface area contributed by atoms with Crippen molar-refractivity contribution in [2.24, 2.45) is 11.8 Å². The zero-order valence-corrected chi connectivity index (χ0v) is 23.8. The summed E-state index contributed by atoms with van der Waals surface area (Å²) in [7, 11) is 0. The summed E-state index contributed by atoms with van der Waals surface area (Å²) in [6.07, 6.45) is 13.4. The van der Waals surface area contributed by atoms with Gasteiger partial charge >= 0.3 is 5.69 Å². The van der Waals surface area contributed by atoms with Gasteiger partial charge in [0.15, 0.2) is 0 Å². The molecule has 0 aromatic carbocycles. The van der Waals surface area contributed by atoms with E-state index in [2.05, 4.69) is 20.2 Å². The molecular formula is C28H34ClN9O4. The number of nitrogen functional groups attached to an aromatic ring is 2. The standard InChI is InChI=1S/C14H15ClN4O3.C14H19N5O/c15-13-7-11(1-4-16-13)14(10-2-5-22-6-3-10)18-9-12(8-17-18)19(20)21;15-12-8-18-19(9-12)14(10-2-5-20-6-3-10)11-1-4-17-13(16)7-11/h1,4,7-10,14H,2-3,5-6H2;1,4,7-10,14H,2-3,5-6,15H2,(H2,16,17). The molecule has 4 aromatic rings. The van der Waals surface area contributed by atoms with Crippen molar-refractivity contribution in [3.63, 3.8) is 0 Å². The number of ether oxygens (including phenoxy) is 2. The van der Waals surface area contributed by atoms with Gasteiger partial charge in [-0.1, -0.05) is 11.6 Å². The van der Waals surface area contributed by atoms with Crippen LogP contribution in [0.1, 0.15) is 48.9 Å². The first-order chi connectivity index (χ1) is 20.4. The number of halogens is 1. The van der Waals surface area contributed by atoms with E-state index in [-0.39, 0.29) is 23.7 Å². The van der Waals surface area contributed by atoms with E-state index in [1.54, 1.807) is 29.3 Å². The van der Waals surface area contributed by atoms with Gasteiger partial charge in [0.2, 0.25) is 0 Å². The first kappa shape index (κ1) is 29.4. The Morgan fingerprint density at radius 3 is 1.90 bits per heavy atom. The molecule has 0 saturated carbocycles. The molecule has 222 valence electrons. The van der Waals surface area contributed by atoms with Crippen LogP contribution in [-0.4, -0.2) is 60.9 Å². The Labute approximate surface area is 247 Å². The molecule has 2 saturated heterocycles. The first-order valence-electron chi connectivity index (χ1n) is 13.9. The molecule has 4 N–H and O–H groups in total. The summed E-state index contributed by atoms with van der Waals surface area (Å²) in [5, 5.41) is 19.9. The highest BCUT2D eigenvalue weighted by Crippen LogP contribution is 2.35. The molecule has 2 atom stereocenters. The van der Waals surface area contributed by atoms with E-state index in [0.29, 0.717) is 35.8 Å². The van der Waals surface area contributed by atoms with Crippen molar-refractivity contribution >= 4 is 28.8 Å². The van der Waals surface area contributed by atoms with Crippen LogP contribution >= 0.6 is 11.6 Å². The van der Waals surface area contributed by atoms with Crippen LogP contribution in [0.15, 0.2) is 61.4 Å². The summed E-state index contributed by atoms with van der Waals surface area (Å²) in [5.41, 5.74) is 14.3. The Kier molecular flexibility index (Phi) is 9.62. The van der Waals surface area contributed by atoms with Crippen molar-refractivity contribution in [1.29, 1.82) is 0 Å². The molecule has 2 aliphatic heterocycles. The number of hydrogen-bond donors (Lipinski definition) is 2. The van der Waals surface area contributed by atoms with Crippen molar-refractivity contribution in [2.45, 2.75) is 37.8 Å². The highest BCUT2D eigenvalue weighted by Gasteiger charge is 2.30. The first-order valence-corrected chi connectivity index (χ1v) is 14.2. The monoisotopic (exact) mass is 595 g/mol. The zero-order chi connectivity index (χ0) is 29.5. The van der Waals surface area contributed by atoms with E-state index >= 15 is 0 Å². The Morgan fingerprint density at radius 1 is 0.857 bits per heavy atom. The summed E-state index contributed by atoms with van der Waals surface area (Å²) >= 11 is 6.00. The normalized spacial score (nSPS) is 17.6. The average Bonchev–Trinajstić information content (AvgIpc) is 3.65. The van der Waals surface area contributed by atoms with Crippen LogP contribution < -0.4 is 11.5 Å². The minimum Gasteiger partial charge on any atom is -0.396 e. The van der Waals surface area contributed by atoms with Crippen molar-refractivity contribution in [2.75, 3.05) is 37.9 Å². The molecule has 2 unspecified atom stereocenters. The zero-order valence-electron chi connectivity index (χ0n) is 23.0. The van der Waals surface area contributed by atoms with Gasteiger partial charge in [0.05, 0.1) is 28.9 Å². The molecule has 13 nitrogen and oxygen atoms in total. The smallest absolute Gasteiger partial charge is 0.307 e. The van der Waals surface area contributed by atoms with Gasteiger partial charge in [0.25, 0.3) is 0 Å². The summed E-state index contributed by atoms with van der Waals surface area (Å²) in [6, 6.07) is 7.58.